The predicted octanol–water partition coefficient (Wildman–Crippen LogP) is 3.28. The molecule has 1 aliphatic heterocycles. The lowest BCUT2D eigenvalue weighted by Gasteiger charge is -2.26. The molecule has 1 fully saturated rings. The Morgan fingerprint density at radius 3 is 2.22 bits per heavy atom. The maximum absolute atomic E-state index is 3.67. The number of rotatable bonds is 8. The molecule has 0 unspecified atom stereocenters. The highest BCUT2D eigenvalue weighted by Gasteiger charge is 2.17. The first-order chi connectivity index (χ1) is 8.61. The van der Waals surface area contributed by atoms with Crippen LogP contribution in [0, 0.1) is 23.7 Å². The molecule has 0 saturated carbocycles. The molecule has 0 amide bonds. The minimum absolute atomic E-state index is 0.793. The van der Waals surface area contributed by atoms with E-state index in [-0.39, 0.29) is 0 Å². The van der Waals surface area contributed by atoms with Crippen LogP contribution >= 0.6 is 0 Å². The van der Waals surface area contributed by atoms with Crippen LogP contribution in [0.15, 0.2) is 0 Å². The van der Waals surface area contributed by atoms with E-state index in [0.717, 1.165) is 23.7 Å². The van der Waals surface area contributed by atoms with Gasteiger partial charge in [0.05, 0.1) is 0 Å². The standard InChI is InChI=1S/C16H34N2/c1-13(2)16(14(3)4)12-18-9-5-6-15-7-10-17-11-8-15/h13-18H,5-12H2,1-4H3. The zero-order valence-electron chi connectivity index (χ0n) is 13.0. The van der Waals surface area contributed by atoms with Gasteiger partial charge < -0.3 is 10.6 Å². The normalized spacial score (nSPS) is 18.2. The van der Waals surface area contributed by atoms with Crippen LogP contribution in [0.25, 0.3) is 0 Å². The number of nitrogens with one attached hydrogen (secondary N) is 2. The van der Waals surface area contributed by atoms with Crippen molar-refractivity contribution in [2.45, 2.75) is 53.4 Å². The van der Waals surface area contributed by atoms with Gasteiger partial charge in [-0.1, -0.05) is 27.7 Å². The number of piperidine rings is 1. The first-order valence-corrected chi connectivity index (χ1v) is 8.02. The second-order valence-corrected chi connectivity index (χ2v) is 6.69. The summed E-state index contributed by atoms with van der Waals surface area (Å²) in [7, 11) is 0. The molecule has 2 heteroatoms. The van der Waals surface area contributed by atoms with Crippen LogP contribution < -0.4 is 10.6 Å². The van der Waals surface area contributed by atoms with Gasteiger partial charge in [-0.15, -0.1) is 0 Å². The van der Waals surface area contributed by atoms with Crippen LogP contribution in [0.3, 0.4) is 0 Å². The van der Waals surface area contributed by atoms with E-state index in [4.69, 9.17) is 0 Å². The maximum atomic E-state index is 3.67. The summed E-state index contributed by atoms with van der Waals surface area (Å²) in [6.07, 6.45) is 5.55. The van der Waals surface area contributed by atoms with Crippen LogP contribution in [0.1, 0.15) is 53.4 Å². The molecule has 1 heterocycles. The van der Waals surface area contributed by atoms with Crippen molar-refractivity contribution >= 4 is 0 Å². The predicted molar refractivity (Wildman–Crippen MR) is 80.9 cm³/mol. The molecule has 1 aliphatic rings. The van der Waals surface area contributed by atoms with Crippen LogP contribution in [-0.4, -0.2) is 26.2 Å². The summed E-state index contributed by atoms with van der Waals surface area (Å²) in [5.41, 5.74) is 0. The van der Waals surface area contributed by atoms with Crippen molar-refractivity contribution in [3.8, 4) is 0 Å². The van der Waals surface area contributed by atoms with Crippen molar-refractivity contribution in [1.82, 2.24) is 10.6 Å². The van der Waals surface area contributed by atoms with Gasteiger partial charge in [-0.25, -0.2) is 0 Å². The Labute approximate surface area is 114 Å². The minimum Gasteiger partial charge on any atom is -0.317 e. The van der Waals surface area contributed by atoms with Crippen molar-refractivity contribution in [2.24, 2.45) is 23.7 Å². The third kappa shape index (κ3) is 6.19. The molecule has 0 aromatic heterocycles. The van der Waals surface area contributed by atoms with Crippen molar-refractivity contribution in [3.63, 3.8) is 0 Å². The third-order valence-corrected chi connectivity index (χ3v) is 4.52. The van der Waals surface area contributed by atoms with E-state index < -0.39 is 0 Å². The average Bonchev–Trinajstić information content (AvgIpc) is 2.34. The summed E-state index contributed by atoms with van der Waals surface area (Å²) >= 11 is 0. The quantitative estimate of drug-likeness (QED) is 0.650. The number of hydrogen-bond donors (Lipinski definition) is 2. The van der Waals surface area contributed by atoms with Crippen molar-refractivity contribution in [1.29, 1.82) is 0 Å². The molecule has 1 saturated heterocycles. The highest BCUT2D eigenvalue weighted by atomic mass is 14.9. The van der Waals surface area contributed by atoms with E-state index >= 15 is 0 Å². The molecular formula is C16H34N2. The fourth-order valence-electron chi connectivity index (χ4n) is 3.20. The zero-order valence-corrected chi connectivity index (χ0v) is 13.0. The van der Waals surface area contributed by atoms with Crippen molar-refractivity contribution in [2.75, 3.05) is 26.2 Å². The molecular weight excluding hydrogens is 220 g/mol. The minimum atomic E-state index is 0.793. The van der Waals surface area contributed by atoms with E-state index in [1.165, 1.54) is 51.9 Å². The molecule has 0 bridgehead atoms. The van der Waals surface area contributed by atoms with Gasteiger partial charge in [0.15, 0.2) is 0 Å². The second-order valence-electron chi connectivity index (χ2n) is 6.69. The zero-order chi connectivity index (χ0) is 13.4. The molecule has 2 N–H and O–H groups in total. The first kappa shape index (κ1) is 16.0. The Morgan fingerprint density at radius 2 is 1.67 bits per heavy atom. The summed E-state index contributed by atoms with van der Waals surface area (Å²) in [5.74, 6) is 3.40. The second kappa shape index (κ2) is 8.92. The summed E-state index contributed by atoms with van der Waals surface area (Å²) < 4.78 is 0. The SMILES string of the molecule is CC(C)C(CNCCCC1CCNCC1)C(C)C. The Morgan fingerprint density at radius 1 is 1.06 bits per heavy atom. The summed E-state index contributed by atoms with van der Waals surface area (Å²) in [4.78, 5) is 0. The van der Waals surface area contributed by atoms with E-state index in [9.17, 15) is 0 Å². The van der Waals surface area contributed by atoms with Crippen LogP contribution in [0.4, 0.5) is 0 Å². The summed E-state index contributed by atoms with van der Waals surface area (Å²) in [6, 6.07) is 0. The third-order valence-electron chi connectivity index (χ3n) is 4.52. The Bertz CT molecular complexity index is 187. The van der Waals surface area contributed by atoms with Crippen LogP contribution in [0.2, 0.25) is 0 Å². The van der Waals surface area contributed by atoms with Gasteiger partial charge >= 0.3 is 0 Å². The smallest absolute Gasteiger partial charge is 0.00156 e. The van der Waals surface area contributed by atoms with E-state index in [1.807, 2.05) is 0 Å². The van der Waals surface area contributed by atoms with Gasteiger partial charge in [0.1, 0.15) is 0 Å². The molecule has 18 heavy (non-hydrogen) atoms. The van der Waals surface area contributed by atoms with Crippen LogP contribution in [-0.2, 0) is 0 Å². The van der Waals surface area contributed by atoms with Crippen molar-refractivity contribution < 1.29 is 0 Å². The fraction of sp³-hybridized carbons (Fsp3) is 1.00. The molecule has 0 radical (unpaired) electrons. The Hall–Kier alpha value is -0.0800. The van der Waals surface area contributed by atoms with E-state index in [2.05, 4.69) is 38.3 Å². The molecule has 0 spiro atoms. The number of hydrogen-bond acceptors (Lipinski definition) is 2. The topological polar surface area (TPSA) is 24.1 Å². The highest BCUT2D eigenvalue weighted by molar-refractivity contribution is 4.71. The lowest BCUT2D eigenvalue weighted by atomic mass is 9.85. The molecule has 108 valence electrons. The van der Waals surface area contributed by atoms with Gasteiger partial charge in [0, 0.05) is 0 Å². The Balaban J connectivity index is 2.03. The maximum Gasteiger partial charge on any atom is -0.00156 e. The summed E-state index contributed by atoms with van der Waals surface area (Å²) in [6.45, 7) is 14.3. The molecule has 0 aliphatic carbocycles. The fourth-order valence-corrected chi connectivity index (χ4v) is 3.20. The van der Waals surface area contributed by atoms with Gasteiger partial charge in [-0.2, -0.15) is 0 Å². The molecule has 0 atom stereocenters. The van der Waals surface area contributed by atoms with Crippen molar-refractivity contribution in [3.05, 3.63) is 0 Å². The van der Waals surface area contributed by atoms with Gasteiger partial charge in [-0.3, -0.25) is 0 Å². The molecule has 1 rings (SSSR count). The van der Waals surface area contributed by atoms with Crippen LogP contribution in [0.5, 0.6) is 0 Å². The van der Waals surface area contributed by atoms with E-state index in [1.54, 1.807) is 0 Å². The van der Waals surface area contributed by atoms with E-state index in [0.29, 0.717) is 0 Å². The first-order valence-electron chi connectivity index (χ1n) is 8.02. The lowest BCUT2D eigenvalue weighted by Crippen LogP contribution is -2.31. The highest BCUT2D eigenvalue weighted by Crippen LogP contribution is 2.20. The summed E-state index contributed by atoms with van der Waals surface area (Å²) in [5, 5.41) is 7.11. The monoisotopic (exact) mass is 254 g/mol. The lowest BCUT2D eigenvalue weighted by molar-refractivity contribution is 0.273. The molecule has 2 nitrogen and oxygen atoms in total. The largest absolute Gasteiger partial charge is 0.317 e. The van der Waals surface area contributed by atoms with Gasteiger partial charge in [0.2, 0.25) is 0 Å². The Kier molecular flexibility index (Phi) is 7.92. The average molecular weight is 254 g/mol. The molecule has 0 aromatic carbocycles. The van der Waals surface area contributed by atoms with Gasteiger partial charge in [-0.05, 0) is 75.5 Å². The molecule has 0 aromatic rings. The van der Waals surface area contributed by atoms with Gasteiger partial charge in [0.25, 0.3) is 0 Å².